The van der Waals surface area contributed by atoms with Crippen LogP contribution in [-0.2, 0) is 10.2 Å². The molecule has 0 aromatic heterocycles. The van der Waals surface area contributed by atoms with Gasteiger partial charge in [-0.25, -0.2) is 0 Å². The second-order valence-electron chi connectivity index (χ2n) is 6.61. The molecule has 1 amide bonds. The second-order valence-corrected chi connectivity index (χ2v) is 6.61. The van der Waals surface area contributed by atoms with Gasteiger partial charge in [0.2, 0.25) is 5.91 Å². The Balaban J connectivity index is 2.22. The summed E-state index contributed by atoms with van der Waals surface area (Å²) in [5, 5.41) is 3.04. The monoisotopic (exact) mass is 260 g/mol. The third kappa shape index (κ3) is 2.98. The topological polar surface area (TPSA) is 55.1 Å². The largest absolute Gasteiger partial charge is 0.324 e. The maximum Gasteiger partial charge on any atom is 0.244 e. The van der Waals surface area contributed by atoms with Crippen LogP contribution in [0.1, 0.15) is 52.0 Å². The molecule has 0 heterocycles. The Morgan fingerprint density at radius 3 is 2.37 bits per heavy atom. The van der Waals surface area contributed by atoms with Gasteiger partial charge >= 0.3 is 0 Å². The molecule has 0 unspecified atom stereocenters. The van der Waals surface area contributed by atoms with Crippen molar-refractivity contribution in [3.8, 4) is 0 Å². The van der Waals surface area contributed by atoms with Crippen LogP contribution in [0.3, 0.4) is 0 Å². The molecule has 3 heteroatoms. The molecule has 1 fully saturated rings. The summed E-state index contributed by atoms with van der Waals surface area (Å²) in [6, 6.07) is 7.97. The van der Waals surface area contributed by atoms with E-state index < -0.39 is 5.54 Å². The molecule has 1 aromatic carbocycles. The normalized spacial score (nSPS) is 18.3. The third-order valence-corrected chi connectivity index (χ3v) is 3.93. The van der Waals surface area contributed by atoms with E-state index in [0.29, 0.717) is 0 Å². The molecule has 1 aliphatic rings. The van der Waals surface area contributed by atoms with Gasteiger partial charge in [-0.1, -0.05) is 51.8 Å². The Morgan fingerprint density at radius 2 is 1.79 bits per heavy atom. The van der Waals surface area contributed by atoms with Crippen LogP contribution in [0.5, 0.6) is 0 Å². The Hall–Kier alpha value is -1.35. The van der Waals surface area contributed by atoms with Gasteiger partial charge < -0.3 is 11.1 Å². The number of hydrogen-bond acceptors (Lipinski definition) is 2. The highest BCUT2D eigenvalue weighted by Gasteiger charge is 2.37. The lowest BCUT2D eigenvalue weighted by atomic mass is 9.85. The van der Waals surface area contributed by atoms with Crippen LogP contribution in [0.2, 0.25) is 0 Å². The van der Waals surface area contributed by atoms with Gasteiger partial charge in [-0.15, -0.1) is 0 Å². The Kier molecular flexibility index (Phi) is 3.68. The van der Waals surface area contributed by atoms with Crippen LogP contribution in [0.25, 0.3) is 0 Å². The van der Waals surface area contributed by atoms with Crippen LogP contribution in [0, 0.1) is 0 Å². The van der Waals surface area contributed by atoms with Crippen molar-refractivity contribution < 1.29 is 4.79 Å². The summed E-state index contributed by atoms with van der Waals surface area (Å²) in [7, 11) is 0. The number of nitrogens with one attached hydrogen (secondary N) is 1. The number of carbonyl (C=O) groups is 1. The fraction of sp³-hybridized carbons (Fsp3) is 0.562. The first-order valence-corrected chi connectivity index (χ1v) is 7.03. The first kappa shape index (κ1) is 14.1. The summed E-state index contributed by atoms with van der Waals surface area (Å²) >= 11 is 0. The summed E-state index contributed by atoms with van der Waals surface area (Å²) in [4.78, 5) is 12.4. The van der Waals surface area contributed by atoms with Gasteiger partial charge in [-0.2, -0.15) is 0 Å². The highest BCUT2D eigenvalue weighted by Crippen LogP contribution is 2.32. The van der Waals surface area contributed by atoms with Gasteiger partial charge in [0.15, 0.2) is 0 Å². The molecule has 1 saturated carbocycles. The average molecular weight is 260 g/mol. The summed E-state index contributed by atoms with van der Waals surface area (Å²) in [6.07, 6.45) is 3.67. The van der Waals surface area contributed by atoms with Gasteiger partial charge in [-0.3, -0.25) is 4.79 Å². The van der Waals surface area contributed by atoms with Crippen molar-refractivity contribution in [1.29, 1.82) is 0 Å². The number of para-hydroxylation sites is 1. The highest BCUT2D eigenvalue weighted by atomic mass is 16.2. The predicted octanol–water partition coefficient (Wildman–Crippen LogP) is 3.19. The summed E-state index contributed by atoms with van der Waals surface area (Å²) in [6.45, 7) is 6.43. The van der Waals surface area contributed by atoms with E-state index >= 15 is 0 Å². The fourth-order valence-corrected chi connectivity index (χ4v) is 2.73. The number of benzene rings is 1. The van der Waals surface area contributed by atoms with Crippen molar-refractivity contribution in [2.24, 2.45) is 5.73 Å². The van der Waals surface area contributed by atoms with Gasteiger partial charge in [-0.05, 0) is 29.9 Å². The van der Waals surface area contributed by atoms with Crippen LogP contribution < -0.4 is 11.1 Å². The van der Waals surface area contributed by atoms with E-state index in [4.69, 9.17) is 5.73 Å². The molecule has 104 valence electrons. The second kappa shape index (κ2) is 4.97. The smallest absolute Gasteiger partial charge is 0.244 e. The fourth-order valence-electron chi connectivity index (χ4n) is 2.73. The molecule has 3 N–H and O–H groups in total. The number of nitrogens with two attached hydrogens (primary N) is 1. The van der Waals surface area contributed by atoms with E-state index in [1.54, 1.807) is 0 Å². The van der Waals surface area contributed by atoms with Crippen molar-refractivity contribution in [1.82, 2.24) is 0 Å². The van der Waals surface area contributed by atoms with E-state index in [0.717, 1.165) is 36.9 Å². The molecule has 3 nitrogen and oxygen atoms in total. The van der Waals surface area contributed by atoms with Crippen molar-refractivity contribution in [3.63, 3.8) is 0 Å². The molecule has 0 atom stereocenters. The molecule has 0 aliphatic heterocycles. The highest BCUT2D eigenvalue weighted by molar-refractivity contribution is 5.98. The van der Waals surface area contributed by atoms with E-state index in [1.807, 2.05) is 18.2 Å². The number of carbonyl (C=O) groups excluding carboxylic acids is 1. The maximum absolute atomic E-state index is 12.4. The minimum atomic E-state index is -0.676. The van der Waals surface area contributed by atoms with Crippen molar-refractivity contribution in [3.05, 3.63) is 29.8 Å². The van der Waals surface area contributed by atoms with Crippen LogP contribution >= 0.6 is 0 Å². The lowest BCUT2D eigenvalue weighted by Crippen LogP contribution is -2.48. The average Bonchev–Trinajstić information content (AvgIpc) is 2.77. The summed E-state index contributed by atoms with van der Waals surface area (Å²) in [5.74, 6) is -0.0401. The lowest BCUT2D eigenvalue weighted by molar-refractivity contribution is -0.121. The van der Waals surface area contributed by atoms with Gasteiger partial charge in [0.05, 0.1) is 5.54 Å². The zero-order chi connectivity index (χ0) is 14.1. The third-order valence-electron chi connectivity index (χ3n) is 3.93. The minimum Gasteiger partial charge on any atom is -0.324 e. The van der Waals surface area contributed by atoms with Crippen LogP contribution in [0.4, 0.5) is 5.69 Å². The molecule has 0 radical (unpaired) electrons. The Morgan fingerprint density at radius 1 is 1.21 bits per heavy atom. The van der Waals surface area contributed by atoms with Gasteiger partial charge in [0.1, 0.15) is 0 Å². The minimum absolute atomic E-state index is 0.00130. The molecule has 0 bridgehead atoms. The Labute approximate surface area is 115 Å². The number of rotatable bonds is 2. The molecular weight excluding hydrogens is 236 g/mol. The molecular formula is C16H24N2O. The molecule has 2 rings (SSSR count). The van der Waals surface area contributed by atoms with Crippen LogP contribution in [0.15, 0.2) is 24.3 Å². The van der Waals surface area contributed by atoms with Crippen molar-refractivity contribution in [2.75, 3.05) is 5.32 Å². The SMILES string of the molecule is CC(C)(C)c1ccccc1NC(=O)C1(N)CCCC1. The maximum atomic E-state index is 12.4. The zero-order valence-electron chi connectivity index (χ0n) is 12.1. The van der Waals surface area contributed by atoms with Gasteiger partial charge in [0, 0.05) is 5.69 Å². The molecule has 0 spiro atoms. The van der Waals surface area contributed by atoms with Crippen LogP contribution in [-0.4, -0.2) is 11.4 Å². The van der Waals surface area contributed by atoms with E-state index in [1.165, 1.54) is 0 Å². The lowest BCUT2D eigenvalue weighted by Gasteiger charge is -2.26. The molecule has 1 aromatic rings. The Bertz CT molecular complexity index is 468. The molecule has 0 saturated heterocycles. The predicted molar refractivity (Wildman–Crippen MR) is 79.2 cm³/mol. The van der Waals surface area contributed by atoms with Crippen molar-refractivity contribution >= 4 is 11.6 Å². The van der Waals surface area contributed by atoms with E-state index in [9.17, 15) is 4.79 Å². The first-order chi connectivity index (χ1) is 8.83. The molecule has 19 heavy (non-hydrogen) atoms. The number of anilines is 1. The standard InChI is InChI=1S/C16H24N2O/c1-15(2,3)12-8-4-5-9-13(12)18-14(19)16(17)10-6-7-11-16/h4-5,8-9H,6-7,10-11,17H2,1-3H3,(H,18,19). The van der Waals surface area contributed by atoms with Crippen molar-refractivity contribution in [2.45, 2.75) is 57.4 Å². The van der Waals surface area contributed by atoms with E-state index in [2.05, 4.69) is 32.2 Å². The van der Waals surface area contributed by atoms with Gasteiger partial charge in [0.25, 0.3) is 0 Å². The van der Waals surface area contributed by atoms with E-state index in [-0.39, 0.29) is 11.3 Å². The summed E-state index contributed by atoms with van der Waals surface area (Å²) < 4.78 is 0. The number of amides is 1. The number of hydrogen-bond donors (Lipinski definition) is 2. The first-order valence-electron chi connectivity index (χ1n) is 7.03. The quantitative estimate of drug-likeness (QED) is 0.858. The zero-order valence-corrected chi connectivity index (χ0v) is 12.1. The summed E-state index contributed by atoms with van der Waals surface area (Å²) in [5.41, 5.74) is 7.55. The molecule has 1 aliphatic carbocycles.